The van der Waals surface area contributed by atoms with Gasteiger partial charge in [-0.2, -0.15) is 0 Å². The van der Waals surface area contributed by atoms with E-state index in [0.717, 1.165) is 13.2 Å². The molecule has 2 aliphatic rings. The predicted molar refractivity (Wildman–Crippen MR) is 78.1 cm³/mol. The van der Waals surface area contributed by atoms with Gasteiger partial charge in [0.15, 0.2) is 0 Å². The minimum atomic E-state index is 0.473. The lowest BCUT2D eigenvalue weighted by Crippen LogP contribution is -2.66. The van der Waals surface area contributed by atoms with Gasteiger partial charge in [-0.1, -0.05) is 36.2 Å². The molecule has 0 amide bonds. The molecule has 2 unspecified atom stereocenters. The van der Waals surface area contributed by atoms with E-state index in [1.165, 1.54) is 36.8 Å². The summed E-state index contributed by atoms with van der Waals surface area (Å²) in [5.74, 6) is 0. The summed E-state index contributed by atoms with van der Waals surface area (Å²) in [5.41, 5.74) is 3.19. The molecule has 2 saturated carbocycles. The minimum Gasteiger partial charge on any atom is -0.378 e. The fourth-order valence-corrected chi connectivity index (χ4v) is 3.67. The van der Waals surface area contributed by atoms with E-state index in [1.54, 1.807) is 0 Å². The first-order valence-corrected chi connectivity index (χ1v) is 7.65. The molecule has 1 aromatic carbocycles. The zero-order valence-electron chi connectivity index (χ0n) is 12.1. The van der Waals surface area contributed by atoms with E-state index in [-0.39, 0.29) is 0 Å². The Kier molecular flexibility index (Phi) is 3.64. The Hall–Kier alpha value is -0.860. The van der Waals surface area contributed by atoms with Crippen LogP contribution in [0.15, 0.2) is 24.3 Å². The lowest BCUT2D eigenvalue weighted by atomic mass is 9.51. The van der Waals surface area contributed by atoms with Gasteiger partial charge in [0.2, 0.25) is 0 Å². The second kappa shape index (κ2) is 5.26. The first kappa shape index (κ1) is 13.1. The van der Waals surface area contributed by atoms with Gasteiger partial charge in [0.25, 0.3) is 0 Å². The van der Waals surface area contributed by atoms with Gasteiger partial charge in [-0.25, -0.2) is 0 Å². The van der Waals surface area contributed by atoms with Crippen molar-refractivity contribution < 1.29 is 4.74 Å². The highest BCUT2D eigenvalue weighted by Crippen LogP contribution is 2.57. The van der Waals surface area contributed by atoms with Crippen molar-refractivity contribution in [1.82, 2.24) is 5.32 Å². The number of benzene rings is 1. The molecule has 0 radical (unpaired) electrons. The number of nitrogens with one attached hydrogen (secondary N) is 1. The highest BCUT2D eigenvalue weighted by atomic mass is 16.5. The van der Waals surface area contributed by atoms with Crippen LogP contribution < -0.4 is 5.32 Å². The Labute approximate surface area is 116 Å². The SMILES string of the molecule is CCOC1CC(NCc2ccc(C)cc2)C12CCC2. The second-order valence-corrected chi connectivity index (χ2v) is 6.19. The molecule has 2 heteroatoms. The van der Waals surface area contributed by atoms with Crippen LogP contribution in [-0.2, 0) is 11.3 Å². The maximum Gasteiger partial charge on any atom is 0.0661 e. The van der Waals surface area contributed by atoms with Crippen molar-refractivity contribution in [2.75, 3.05) is 6.61 Å². The van der Waals surface area contributed by atoms with Crippen molar-refractivity contribution in [2.24, 2.45) is 5.41 Å². The van der Waals surface area contributed by atoms with Crippen molar-refractivity contribution >= 4 is 0 Å². The van der Waals surface area contributed by atoms with Gasteiger partial charge in [0.05, 0.1) is 6.10 Å². The van der Waals surface area contributed by atoms with Gasteiger partial charge >= 0.3 is 0 Å². The fraction of sp³-hybridized carbons (Fsp3) is 0.647. The molecule has 0 aliphatic heterocycles. The first-order valence-electron chi connectivity index (χ1n) is 7.65. The standard InChI is InChI=1S/C17H25NO/c1-3-19-16-11-15(17(16)9-4-10-17)18-12-14-7-5-13(2)6-8-14/h5-8,15-16,18H,3-4,9-12H2,1-2H3. The molecule has 0 heterocycles. The number of aryl methyl sites for hydroxylation is 1. The fourth-order valence-electron chi connectivity index (χ4n) is 3.67. The van der Waals surface area contributed by atoms with Gasteiger partial charge in [0, 0.05) is 24.6 Å². The number of ether oxygens (including phenoxy) is 1. The molecule has 3 rings (SSSR count). The topological polar surface area (TPSA) is 21.3 Å². The molecule has 1 aromatic rings. The highest BCUT2D eigenvalue weighted by Gasteiger charge is 2.58. The lowest BCUT2D eigenvalue weighted by Gasteiger charge is -2.61. The van der Waals surface area contributed by atoms with Crippen LogP contribution in [0.2, 0.25) is 0 Å². The van der Waals surface area contributed by atoms with Gasteiger partial charge in [-0.05, 0) is 38.7 Å². The zero-order valence-corrected chi connectivity index (χ0v) is 12.1. The summed E-state index contributed by atoms with van der Waals surface area (Å²) < 4.78 is 5.89. The van der Waals surface area contributed by atoms with Crippen molar-refractivity contribution in [1.29, 1.82) is 0 Å². The summed E-state index contributed by atoms with van der Waals surface area (Å²) in [6.07, 6.45) is 5.79. The number of hydrogen-bond donors (Lipinski definition) is 1. The molecule has 2 aliphatic carbocycles. The van der Waals surface area contributed by atoms with Crippen LogP contribution in [0.5, 0.6) is 0 Å². The summed E-state index contributed by atoms with van der Waals surface area (Å²) in [4.78, 5) is 0. The summed E-state index contributed by atoms with van der Waals surface area (Å²) in [6.45, 7) is 6.10. The summed E-state index contributed by atoms with van der Waals surface area (Å²) in [6, 6.07) is 9.52. The molecule has 1 spiro atoms. The predicted octanol–water partition coefficient (Wildman–Crippen LogP) is 3.43. The molecule has 0 saturated heterocycles. The molecular formula is C17H25NO. The molecule has 1 N–H and O–H groups in total. The van der Waals surface area contributed by atoms with Crippen LogP contribution >= 0.6 is 0 Å². The van der Waals surface area contributed by atoms with Gasteiger partial charge in [-0.15, -0.1) is 0 Å². The Morgan fingerprint density at radius 1 is 1.26 bits per heavy atom. The smallest absolute Gasteiger partial charge is 0.0661 e. The third kappa shape index (κ3) is 2.32. The number of rotatable bonds is 5. The van der Waals surface area contributed by atoms with E-state index in [9.17, 15) is 0 Å². The van der Waals surface area contributed by atoms with Crippen LogP contribution in [0.1, 0.15) is 43.7 Å². The van der Waals surface area contributed by atoms with Crippen molar-refractivity contribution in [3.8, 4) is 0 Å². The van der Waals surface area contributed by atoms with Crippen LogP contribution in [0.25, 0.3) is 0 Å². The third-order valence-electron chi connectivity index (χ3n) is 5.11. The third-order valence-corrected chi connectivity index (χ3v) is 5.11. The van der Waals surface area contributed by atoms with E-state index in [4.69, 9.17) is 4.74 Å². The lowest BCUT2D eigenvalue weighted by molar-refractivity contribution is -0.173. The molecule has 104 valence electrons. The first-order chi connectivity index (χ1) is 9.24. The van der Waals surface area contributed by atoms with Crippen LogP contribution in [0, 0.1) is 12.3 Å². The summed E-state index contributed by atoms with van der Waals surface area (Å²) in [5, 5.41) is 3.76. The zero-order chi connectivity index (χ0) is 13.3. The number of hydrogen-bond acceptors (Lipinski definition) is 2. The van der Waals surface area contributed by atoms with Crippen LogP contribution in [0.3, 0.4) is 0 Å². The normalized spacial score (nSPS) is 27.9. The average Bonchev–Trinajstić information content (AvgIpc) is 2.33. The maximum absolute atomic E-state index is 5.89. The molecule has 0 aromatic heterocycles. The summed E-state index contributed by atoms with van der Waals surface area (Å²) >= 11 is 0. The van der Waals surface area contributed by atoms with E-state index in [0.29, 0.717) is 17.6 Å². The maximum atomic E-state index is 5.89. The van der Waals surface area contributed by atoms with Crippen molar-refractivity contribution in [2.45, 2.75) is 58.2 Å². The van der Waals surface area contributed by atoms with Gasteiger partial charge < -0.3 is 10.1 Å². The molecule has 19 heavy (non-hydrogen) atoms. The Balaban J connectivity index is 1.55. The van der Waals surface area contributed by atoms with Gasteiger partial charge in [-0.3, -0.25) is 0 Å². The minimum absolute atomic E-state index is 0.473. The molecule has 2 nitrogen and oxygen atoms in total. The molecular weight excluding hydrogens is 234 g/mol. The van der Waals surface area contributed by atoms with Crippen molar-refractivity contribution in [3.63, 3.8) is 0 Å². The highest BCUT2D eigenvalue weighted by molar-refractivity contribution is 5.22. The van der Waals surface area contributed by atoms with Crippen LogP contribution in [0.4, 0.5) is 0 Å². The van der Waals surface area contributed by atoms with E-state index in [1.807, 2.05) is 0 Å². The largest absolute Gasteiger partial charge is 0.378 e. The quantitative estimate of drug-likeness (QED) is 0.874. The van der Waals surface area contributed by atoms with E-state index in [2.05, 4.69) is 43.4 Å². The van der Waals surface area contributed by atoms with Gasteiger partial charge in [0.1, 0.15) is 0 Å². The monoisotopic (exact) mass is 259 g/mol. The second-order valence-electron chi connectivity index (χ2n) is 6.19. The average molecular weight is 259 g/mol. The van der Waals surface area contributed by atoms with E-state index >= 15 is 0 Å². The van der Waals surface area contributed by atoms with Crippen molar-refractivity contribution in [3.05, 3.63) is 35.4 Å². The summed E-state index contributed by atoms with van der Waals surface area (Å²) in [7, 11) is 0. The Morgan fingerprint density at radius 2 is 2.00 bits per heavy atom. The van der Waals surface area contributed by atoms with Crippen LogP contribution in [-0.4, -0.2) is 18.8 Å². The molecule has 2 atom stereocenters. The molecule has 0 bridgehead atoms. The van der Waals surface area contributed by atoms with E-state index < -0.39 is 0 Å². The Bertz CT molecular complexity index is 421. The molecule has 2 fully saturated rings. The Morgan fingerprint density at radius 3 is 2.58 bits per heavy atom.